The fourth-order valence-corrected chi connectivity index (χ4v) is 4.53. The van der Waals surface area contributed by atoms with Crippen LogP contribution < -0.4 is 5.32 Å². The van der Waals surface area contributed by atoms with Gasteiger partial charge in [0.05, 0.1) is 0 Å². The Morgan fingerprint density at radius 3 is 2.40 bits per heavy atom. The van der Waals surface area contributed by atoms with Gasteiger partial charge in [-0.15, -0.1) is 0 Å². The van der Waals surface area contributed by atoms with Crippen LogP contribution in [0, 0.1) is 5.92 Å². The van der Waals surface area contributed by atoms with Crippen molar-refractivity contribution >= 4 is 35.5 Å². The molecule has 1 aromatic carbocycles. The second kappa shape index (κ2) is 7.36. The zero-order valence-corrected chi connectivity index (χ0v) is 17.0. The third-order valence-corrected chi connectivity index (χ3v) is 5.64. The van der Waals surface area contributed by atoms with E-state index in [4.69, 9.17) is 0 Å². The van der Waals surface area contributed by atoms with Gasteiger partial charge in [0.1, 0.15) is 11.2 Å². The summed E-state index contributed by atoms with van der Waals surface area (Å²) in [6.07, 6.45) is 10.4. The Hall–Kier alpha value is -1.56. The number of amides is 1. The third kappa shape index (κ3) is 2.94. The van der Waals surface area contributed by atoms with E-state index < -0.39 is 5.41 Å². The number of carbonyl (C=O) groups is 1. The van der Waals surface area contributed by atoms with Crippen LogP contribution in [-0.2, 0) is 10.2 Å². The van der Waals surface area contributed by atoms with E-state index in [2.05, 4.69) is 10.3 Å². The van der Waals surface area contributed by atoms with Crippen molar-refractivity contribution in [2.24, 2.45) is 5.92 Å². The minimum atomic E-state index is -0.693. The Kier molecular flexibility index (Phi) is 5.37. The van der Waals surface area contributed by atoms with Crippen molar-refractivity contribution in [3.8, 4) is 5.75 Å². The first-order chi connectivity index (χ1) is 11.7. The van der Waals surface area contributed by atoms with Crippen molar-refractivity contribution in [3.63, 3.8) is 0 Å². The molecule has 1 fully saturated rings. The number of anilines is 1. The fraction of sp³-hybridized carbons (Fsp3) is 0.400. The molecule has 1 aliphatic carbocycles. The smallest absolute Gasteiger partial charge is 0.239 e. The van der Waals surface area contributed by atoms with Crippen LogP contribution in [0.15, 0.2) is 42.7 Å². The first-order valence-electron chi connectivity index (χ1n) is 8.78. The molecule has 4 rings (SSSR count). The van der Waals surface area contributed by atoms with Gasteiger partial charge in [-0.1, -0.05) is 37.8 Å². The van der Waals surface area contributed by atoms with Gasteiger partial charge >= 0.3 is 0 Å². The van der Waals surface area contributed by atoms with Crippen LogP contribution in [0.1, 0.15) is 49.7 Å². The first kappa shape index (κ1) is 18.2. The molecule has 2 aromatic rings. The number of aromatic nitrogens is 1. The summed E-state index contributed by atoms with van der Waals surface area (Å²) in [6, 6.07) is 9.01. The van der Waals surface area contributed by atoms with Gasteiger partial charge in [0, 0.05) is 47.6 Å². The van der Waals surface area contributed by atoms with Gasteiger partial charge in [0.25, 0.3) is 0 Å². The molecule has 5 heteroatoms. The van der Waals surface area contributed by atoms with Crippen LogP contribution in [0.2, 0.25) is 0 Å². The number of benzene rings is 1. The van der Waals surface area contributed by atoms with Gasteiger partial charge in [0.15, 0.2) is 0 Å². The van der Waals surface area contributed by atoms with Gasteiger partial charge in [-0.2, -0.15) is 0 Å². The van der Waals surface area contributed by atoms with Crippen LogP contribution >= 0.6 is 0 Å². The monoisotopic (exact) mass is 442 g/mol. The fourth-order valence-electron chi connectivity index (χ4n) is 4.53. The van der Waals surface area contributed by atoms with Crippen molar-refractivity contribution in [1.29, 1.82) is 0 Å². The SMILES string of the molecule is O=C1Nc2ccncc2C1(c1ccc(O)cc1)C1CCCCCC1.[Sn]. The van der Waals surface area contributed by atoms with Gasteiger partial charge in [-0.05, 0) is 42.5 Å². The van der Waals surface area contributed by atoms with Crippen LogP contribution in [0.25, 0.3) is 0 Å². The maximum atomic E-state index is 13.2. The number of pyridine rings is 1. The maximum Gasteiger partial charge on any atom is 0.239 e. The first-order valence-corrected chi connectivity index (χ1v) is 8.78. The van der Waals surface area contributed by atoms with Gasteiger partial charge in [-0.3, -0.25) is 9.78 Å². The number of hydrogen-bond acceptors (Lipinski definition) is 3. The van der Waals surface area contributed by atoms with Crippen molar-refractivity contribution in [2.75, 3.05) is 5.32 Å². The maximum absolute atomic E-state index is 13.2. The summed E-state index contributed by atoms with van der Waals surface area (Å²) in [7, 11) is 0. The molecule has 0 bridgehead atoms. The summed E-state index contributed by atoms with van der Waals surface area (Å²) < 4.78 is 0. The molecule has 0 saturated heterocycles. The molecule has 1 atom stereocenters. The largest absolute Gasteiger partial charge is 0.508 e. The van der Waals surface area contributed by atoms with E-state index in [1.54, 1.807) is 18.3 Å². The molecule has 2 aliphatic rings. The Labute approximate surface area is 165 Å². The molecule has 1 unspecified atom stereocenters. The molecular formula is C20H22N2O2Sn. The Morgan fingerprint density at radius 1 is 1.04 bits per heavy atom. The summed E-state index contributed by atoms with van der Waals surface area (Å²) in [5, 5.41) is 12.8. The van der Waals surface area contributed by atoms with Crippen LogP contribution in [0.5, 0.6) is 5.75 Å². The Morgan fingerprint density at radius 2 is 1.72 bits per heavy atom. The Balaban J connectivity index is 0.00000182. The van der Waals surface area contributed by atoms with Gasteiger partial charge < -0.3 is 10.4 Å². The Bertz CT molecular complexity index is 755. The van der Waals surface area contributed by atoms with E-state index in [9.17, 15) is 9.90 Å². The van der Waals surface area contributed by atoms with Crippen molar-refractivity contribution in [1.82, 2.24) is 4.98 Å². The van der Waals surface area contributed by atoms with Gasteiger partial charge in [-0.25, -0.2) is 0 Å². The van der Waals surface area contributed by atoms with Crippen LogP contribution in [0.4, 0.5) is 5.69 Å². The predicted molar refractivity (Wildman–Crippen MR) is 98.7 cm³/mol. The van der Waals surface area contributed by atoms with E-state index in [0.717, 1.165) is 42.5 Å². The number of hydrogen-bond donors (Lipinski definition) is 2. The quantitative estimate of drug-likeness (QED) is 0.553. The molecule has 2 heterocycles. The summed E-state index contributed by atoms with van der Waals surface area (Å²) in [5.41, 5.74) is 2.11. The summed E-state index contributed by atoms with van der Waals surface area (Å²) in [5.74, 6) is 0.526. The molecule has 4 nitrogen and oxygen atoms in total. The average Bonchev–Trinajstić information content (AvgIpc) is 2.76. The van der Waals surface area contributed by atoms with Crippen molar-refractivity contribution in [2.45, 2.75) is 43.9 Å². The predicted octanol–water partition coefficient (Wildman–Crippen LogP) is 3.62. The number of rotatable bonds is 2. The molecular weight excluding hydrogens is 419 g/mol. The van der Waals surface area contributed by atoms with E-state index in [1.165, 1.54) is 12.8 Å². The number of nitrogens with zero attached hydrogens (tertiary/aromatic N) is 1. The van der Waals surface area contributed by atoms with Crippen LogP contribution in [-0.4, -0.2) is 39.9 Å². The number of phenols is 1. The summed E-state index contributed by atoms with van der Waals surface area (Å²) in [4.78, 5) is 17.6. The summed E-state index contributed by atoms with van der Waals surface area (Å²) in [6.45, 7) is 0. The molecule has 2 N–H and O–H groups in total. The zero-order valence-electron chi connectivity index (χ0n) is 14.2. The summed E-state index contributed by atoms with van der Waals surface area (Å²) >= 11 is 0. The number of phenolic OH excluding ortho intramolecular Hbond substituents is 1. The van der Waals surface area contributed by atoms with E-state index in [0.29, 0.717) is 0 Å². The second-order valence-electron chi connectivity index (χ2n) is 6.92. The topological polar surface area (TPSA) is 62.2 Å². The molecule has 1 amide bonds. The number of carbonyl (C=O) groups excluding carboxylic acids is 1. The second-order valence-corrected chi connectivity index (χ2v) is 6.92. The molecule has 128 valence electrons. The normalized spacial score (nSPS) is 23.3. The zero-order chi connectivity index (χ0) is 16.6. The van der Waals surface area contributed by atoms with E-state index in [-0.39, 0.29) is 41.5 Å². The number of aromatic hydroxyl groups is 1. The van der Waals surface area contributed by atoms with Crippen LogP contribution in [0.3, 0.4) is 0 Å². The van der Waals surface area contributed by atoms with Crippen molar-refractivity contribution < 1.29 is 9.90 Å². The molecule has 1 saturated carbocycles. The molecule has 4 radical (unpaired) electrons. The average molecular weight is 441 g/mol. The molecule has 25 heavy (non-hydrogen) atoms. The van der Waals surface area contributed by atoms with E-state index in [1.807, 2.05) is 24.4 Å². The standard InChI is InChI=1S/C20H22N2O2.Sn/c23-16-9-7-15(8-10-16)20(14-5-3-1-2-4-6-14)17-13-21-12-11-18(17)22-19(20)24;/h7-14,23H,1-6H2,(H,22,24);. The number of fused-ring (bicyclic) bond motifs is 1. The molecule has 0 spiro atoms. The minimum absolute atomic E-state index is 0. The van der Waals surface area contributed by atoms with Gasteiger partial charge in [0.2, 0.25) is 5.91 Å². The molecule has 1 aliphatic heterocycles. The van der Waals surface area contributed by atoms with Crippen molar-refractivity contribution in [3.05, 3.63) is 53.9 Å². The third-order valence-electron chi connectivity index (χ3n) is 5.64. The minimum Gasteiger partial charge on any atom is -0.508 e. The van der Waals surface area contributed by atoms with E-state index >= 15 is 0 Å². The number of nitrogens with one attached hydrogen (secondary N) is 1. The molecule has 1 aromatic heterocycles.